The zero-order valence-electron chi connectivity index (χ0n) is 15.1. The molecule has 0 aliphatic heterocycles. The standard InChI is InChI=1S/C20H20ClN3O3/c1-13(14-7-9-15(21)10-8-14)24(12-19(25)22-2)20(26)11-17-16-5-3-4-6-18(16)27-23-17/h3-10,13H,11-12H2,1-2H3,(H,22,25). The summed E-state index contributed by atoms with van der Waals surface area (Å²) in [5.74, 6) is -0.450. The largest absolute Gasteiger partial charge is 0.358 e. The Hall–Kier alpha value is -2.86. The molecule has 0 radical (unpaired) electrons. The van der Waals surface area contributed by atoms with Crippen molar-refractivity contribution in [2.45, 2.75) is 19.4 Å². The van der Waals surface area contributed by atoms with Gasteiger partial charge in [-0.3, -0.25) is 9.59 Å². The number of rotatable bonds is 6. The number of hydrogen-bond acceptors (Lipinski definition) is 4. The van der Waals surface area contributed by atoms with Crippen molar-refractivity contribution in [2.24, 2.45) is 0 Å². The summed E-state index contributed by atoms with van der Waals surface area (Å²) >= 11 is 5.95. The summed E-state index contributed by atoms with van der Waals surface area (Å²) in [7, 11) is 1.54. The summed E-state index contributed by atoms with van der Waals surface area (Å²) < 4.78 is 5.28. The molecule has 27 heavy (non-hydrogen) atoms. The van der Waals surface area contributed by atoms with Crippen LogP contribution in [-0.2, 0) is 16.0 Å². The molecule has 2 aromatic carbocycles. The molecule has 0 saturated carbocycles. The van der Waals surface area contributed by atoms with Crippen molar-refractivity contribution in [2.75, 3.05) is 13.6 Å². The number of amides is 2. The van der Waals surface area contributed by atoms with E-state index in [2.05, 4.69) is 10.5 Å². The lowest BCUT2D eigenvalue weighted by atomic mass is 10.1. The number of likely N-dealkylation sites (N-methyl/N-ethyl adjacent to an activating group) is 1. The number of nitrogens with zero attached hydrogens (tertiary/aromatic N) is 2. The molecule has 140 valence electrons. The van der Waals surface area contributed by atoms with Crippen molar-refractivity contribution >= 4 is 34.4 Å². The lowest BCUT2D eigenvalue weighted by Gasteiger charge is -2.29. The fourth-order valence-electron chi connectivity index (χ4n) is 2.91. The van der Waals surface area contributed by atoms with E-state index in [1.165, 1.54) is 4.90 Å². The van der Waals surface area contributed by atoms with E-state index in [0.29, 0.717) is 16.3 Å². The summed E-state index contributed by atoms with van der Waals surface area (Å²) in [6.07, 6.45) is 0.0476. The summed E-state index contributed by atoms with van der Waals surface area (Å²) in [6, 6.07) is 14.3. The number of para-hydroxylation sites is 1. The van der Waals surface area contributed by atoms with Gasteiger partial charge in [-0.15, -0.1) is 0 Å². The molecule has 1 unspecified atom stereocenters. The molecule has 1 aromatic heterocycles. The highest BCUT2D eigenvalue weighted by molar-refractivity contribution is 6.30. The van der Waals surface area contributed by atoms with Crippen LogP contribution < -0.4 is 5.32 Å². The molecule has 1 heterocycles. The Balaban J connectivity index is 1.86. The molecule has 3 aromatic rings. The number of benzene rings is 2. The van der Waals surface area contributed by atoms with E-state index in [1.807, 2.05) is 37.3 Å². The van der Waals surface area contributed by atoms with Crippen molar-refractivity contribution in [1.29, 1.82) is 0 Å². The molecule has 0 fully saturated rings. The van der Waals surface area contributed by atoms with Crippen molar-refractivity contribution in [3.63, 3.8) is 0 Å². The summed E-state index contributed by atoms with van der Waals surface area (Å²) in [5.41, 5.74) is 2.08. The number of hydrogen-bond donors (Lipinski definition) is 1. The third-order valence-electron chi connectivity index (χ3n) is 4.50. The van der Waals surface area contributed by atoms with Gasteiger partial charge in [-0.25, -0.2) is 0 Å². The maximum Gasteiger partial charge on any atom is 0.239 e. The quantitative estimate of drug-likeness (QED) is 0.706. The van der Waals surface area contributed by atoms with E-state index in [0.717, 1.165) is 10.9 Å². The van der Waals surface area contributed by atoms with Crippen LogP contribution in [0.1, 0.15) is 24.2 Å². The molecule has 6 nitrogen and oxygen atoms in total. The Labute approximate surface area is 162 Å². The van der Waals surface area contributed by atoms with Gasteiger partial charge < -0.3 is 14.7 Å². The molecular weight excluding hydrogens is 366 g/mol. The summed E-state index contributed by atoms with van der Waals surface area (Å²) in [4.78, 5) is 26.5. The summed E-state index contributed by atoms with van der Waals surface area (Å²) in [5, 5.41) is 8.00. The number of carbonyl (C=O) groups excluding carboxylic acids is 2. The SMILES string of the molecule is CNC(=O)CN(C(=O)Cc1noc2ccccc12)C(C)c1ccc(Cl)cc1. The van der Waals surface area contributed by atoms with Crippen molar-refractivity contribution in [3.8, 4) is 0 Å². The van der Waals surface area contributed by atoms with Crippen LogP contribution in [0.2, 0.25) is 5.02 Å². The second kappa shape index (κ2) is 8.22. The third kappa shape index (κ3) is 4.28. The molecular formula is C20H20ClN3O3. The highest BCUT2D eigenvalue weighted by atomic mass is 35.5. The van der Waals surface area contributed by atoms with Gasteiger partial charge in [0.2, 0.25) is 11.8 Å². The fourth-order valence-corrected chi connectivity index (χ4v) is 3.03. The molecule has 0 saturated heterocycles. The van der Waals surface area contributed by atoms with E-state index in [9.17, 15) is 9.59 Å². The van der Waals surface area contributed by atoms with E-state index in [-0.39, 0.29) is 30.8 Å². The van der Waals surface area contributed by atoms with Gasteiger partial charge in [0.05, 0.1) is 12.5 Å². The van der Waals surface area contributed by atoms with Crippen molar-refractivity contribution < 1.29 is 14.1 Å². The van der Waals surface area contributed by atoms with E-state index in [1.54, 1.807) is 25.2 Å². The second-order valence-corrected chi connectivity index (χ2v) is 6.66. The lowest BCUT2D eigenvalue weighted by molar-refractivity contribution is -0.137. The van der Waals surface area contributed by atoms with Crippen molar-refractivity contribution in [1.82, 2.24) is 15.4 Å². The van der Waals surface area contributed by atoms with Crippen LogP contribution in [0.15, 0.2) is 53.1 Å². The molecule has 0 bridgehead atoms. The number of aromatic nitrogens is 1. The first-order valence-electron chi connectivity index (χ1n) is 8.58. The van der Waals surface area contributed by atoms with E-state index < -0.39 is 0 Å². The molecule has 0 aliphatic rings. The molecule has 1 N–H and O–H groups in total. The zero-order valence-corrected chi connectivity index (χ0v) is 15.9. The van der Waals surface area contributed by atoms with Gasteiger partial charge in [-0.1, -0.05) is 41.0 Å². The molecule has 7 heteroatoms. The van der Waals surface area contributed by atoms with Crippen LogP contribution >= 0.6 is 11.6 Å². The maximum atomic E-state index is 13.0. The fraction of sp³-hybridized carbons (Fsp3) is 0.250. The first-order valence-corrected chi connectivity index (χ1v) is 8.96. The van der Waals surface area contributed by atoms with Crippen LogP contribution in [0.3, 0.4) is 0 Å². The predicted molar refractivity (Wildman–Crippen MR) is 103 cm³/mol. The number of fused-ring (bicyclic) bond motifs is 1. The van der Waals surface area contributed by atoms with Crippen LogP contribution in [0.4, 0.5) is 0 Å². The number of carbonyl (C=O) groups is 2. The minimum Gasteiger partial charge on any atom is -0.358 e. The average Bonchev–Trinajstić information content (AvgIpc) is 3.08. The van der Waals surface area contributed by atoms with Crippen LogP contribution in [0.5, 0.6) is 0 Å². The first kappa shape index (κ1) is 18.9. The lowest BCUT2D eigenvalue weighted by Crippen LogP contribution is -2.42. The van der Waals surface area contributed by atoms with Gasteiger partial charge in [-0.2, -0.15) is 0 Å². The Kier molecular flexibility index (Phi) is 5.76. The van der Waals surface area contributed by atoms with Gasteiger partial charge in [0, 0.05) is 17.5 Å². The molecule has 1 atom stereocenters. The Morgan fingerprint density at radius 1 is 1.19 bits per heavy atom. The first-order chi connectivity index (χ1) is 13.0. The Morgan fingerprint density at radius 3 is 2.59 bits per heavy atom. The Bertz CT molecular complexity index is 953. The smallest absolute Gasteiger partial charge is 0.239 e. The van der Waals surface area contributed by atoms with Gasteiger partial charge in [0.1, 0.15) is 12.2 Å². The molecule has 2 amide bonds. The number of halogens is 1. The van der Waals surface area contributed by atoms with Crippen LogP contribution in [0.25, 0.3) is 11.0 Å². The van der Waals surface area contributed by atoms with E-state index >= 15 is 0 Å². The normalized spacial score (nSPS) is 12.0. The van der Waals surface area contributed by atoms with Gasteiger partial charge >= 0.3 is 0 Å². The monoisotopic (exact) mass is 385 g/mol. The summed E-state index contributed by atoms with van der Waals surface area (Å²) in [6.45, 7) is 1.83. The average molecular weight is 386 g/mol. The van der Waals surface area contributed by atoms with Gasteiger partial charge in [0.25, 0.3) is 0 Å². The molecule has 0 aliphatic carbocycles. The third-order valence-corrected chi connectivity index (χ3v) is 4.76. The van der Waals surface area contributed by atoms with Gasteiger partial charge in [-0.05, 0) is 36.8 Å². The predicted octanol–water partition coefficient (Wildman–Crippen LogP) is 3.36. The molecule has 0 spiro atoms. The van der Waals surface area contributed by atoms with Crippen LogP contribution in [0, 0.1) is 0 Å². The maximum absolute atomic E-state index is 13.0. The van der Waals surface area contributed by atoms with Crippen LogP contribution in [-0.4, -0.2) is 35.5 Å². The molecule has 3 rings (SSSR count). The van der Waals surface area contributed by atoms with Gasteiger partial charge in [0.15, 0.2) is 5.58 Å². The minimum atomic E-state index is -0.301. The minimum absolute atomic E-state index is 0.0467. The van der Waals surface area contributed by atoms with E-state index in [4.69, 9.17) is 16.1 Å². The Morgan fingerprint density at radius 2 is 1.89 bits per heavy atom. The number of nitrogens with one attached hydrogen (secondary N) is 1. The van der Waals surface area contributed by atoms with Crippen molar-refractivity contribution in [3.05, 3.63) is 64.8 Å². The zero-order chi connectivity index (χ0) is 19.4. The topological polar surface area (TPSA) is 75.4 Å². The highest BCUT2D eigenvalue weighted by Gasteiger charge is 2.25. The highest BCUT2D eigenvalue weighted by Crippen LogP contribution is 2.24. The second-order valence-electron chi connectivity index (χ2n) is 6.22.